The van der Waals surface area contributed by atoms with Gasteiger partial charge in [0.2, 0.25) is 5.16 Å². The predicted octanol–water partition coefficient (Wildman–Crippen LogP) is 0.521. The van der Waals surface area contributed by atoms with Gasteiger partial charge in [0.05, 0.1) is 6.33 Å². The molecule has 0 N–H and O–H groups in total. The van der Waals surface area contributed by atoms with Crippen LogP contribution >= 0.6 is 11.8 Å². The number of aromatic nitrogens is 8. The maximum atomic E-state index is 4.34. The summed E-state index contributed by atoms with van der Waals surface area (Å²) in [5, 5.41) is 12.7. The highest BCUT2D eigenvalue weighted by Gasteiger charge is 2.13. The zero-order valence-electron chi connectivity index (χ0n) is 9.85. The van der Waals surface area contributed by atoms with E-state index in [0.717, 1.165) is 22.7 Å². The molecule has 0 atom stereocenters. The highest BCUT2D eigenvalue weighted by Crippen LogP contribution is 2.27. The summed E-state index contributed by atoms with van der Waals surface area (Å²) in [6.07, 6.45) is 3.29. The molecule has 0 saturated carbocycles. The molecule has 0 aromatic carbocycles. The molecule has 3 rings (SSSR count). The fraction of sp³-hybridized carbons (Fsp3) is 0.333. The van der Waals surface area contributed by atoms with E-state index in [1.807, 2.05) is 11.5 Å². The normalized spacial score (nSPS) is 11.2. The standard InChI is InChI=1S/C9H10N8S/c1-3-17-5-12-6-7(17)10-4-11-8(6)18-9-13-14-15-16(9)2/h4-5H,3H2,1-2H3. The van der Waals surface area contributed by atoms with Crippen molar-refractivity contribution in [1.82, 2.24) is 39.7 Å². The van der Waals surface area contributed by atoms with Crippen molar-refractivity contribution in [1.29, 1.82) is 0 Å². The molecule has 0 spiro atoms. The van der Waals surface area contributed by atoms with Gasteiger partial charge in [0.25, 0.3) is 0 Å². The second-order valence-electron chi connectivity index (χ2n) is 3.57. The van der Waals surface area contributed by atoms with Crippen molar-refractivity contribution in [2.45, 2.75) is 23.7 Å². The van der Waals surface area contributed by atoms with Crippen LogP contribution in [0.3, 0.4) is 0 Å². The van der Waals surface area contributed by atoms with E-state index in [9.17, 15) is 0 Å². The van der Waals surface area contributed by atoms with Gasteiger partial charge in [-0.3, -0.25) is 0 Å². The van der Waals surface area contributed by atoms with E-state index in [4.69, 9.17) is 0 Å². The van der Waals surface area contributed by atoms with Crippen LogP contribution in [0.25, 0.3) is 11.2 Å². The Balaban J connectivity index is 2.07. The lowest BCUT2D eigenvalue weighted by Gasteiger charge is -2.00. The summed E-state index contributed by atoms with van der Waals surface area (Å²) in [7, 11) is 1.78. The van der Waals surface area contributed by atoms with Crippen LogP contribution in [0.5, 0.6) is 0 Å². The zero-order valence-corrected chi connectivity index (χ0v) is 10.7. The molecule has 0 aliphatic rings. The van der Waals surface area contributed by atoms with Crippen molar-refractivity contribution < 1.29 is 0 Å². The van der Waals surface area contributed by atoms with Crippen molar-refractivity contribution in [3.63, 3.8) is 0 Å². The van der Waals surface area contributed by atoms with Crippen molar-refractivity contribution in [2.75, 3.05) is 0 Å². The average Bonchev–Trinajstić information content (AvgIpc) is 2.97. The molecule has 92 valence electrons. The first kappa shape index (κ1) is 11.1. The van der Waals surface area contributed by atoms with Crippen LogP contribution in [0.2, 0.25) is 0 Å². The maximum absolute atomic E-state index is 4.34. The van der Waals surface area contributed by atoms with Crippen LogP contribution < -0.4 is 0 Å². The fourth-order valence-corrected chi connectivity index (χ4v) is 2.32. The molecule has 0 saturated heterocycles. The van der Waals surface area contributed by atoms with E-state index in [1.54, 1.807) is 18.1 Å². The molecule has 0 amide bonds. The smallest absolute Gasteiger partial charge is 0.215 e. The molecule has 0 aliphatic heterocycles. The van der Waals surface area contributed by atoms with Gasteiger partial charge in [-0.1, -0.05) is 0 Å². The first-order valence-electron chi connectivity index (χ1n) is 5.35. The first-order valence-corrected chi connectivity index (χ1v) is 6.17. The lowest BCUT2D eigenvalue weighted by molar-refractivity contribution is 0.664. The number of fused-ring (bicyclic) bond motifs is 1. The quantitative estimate of drug-likeness (QED) is 0.636. The number of hydrogen-bond acceptors (Lipinski definition) is 7. The molecule has 0 unspecified atom stereocenters. The van der Waals surface area contributed by atoms with Gasteiger partial charge in [0, 0.05) is 13.6 Å². The Hall–Kier alpha value is -2.03. The van der Waals surface area contributed by atoms with Crippen molar-refractivity contribution in [2.24, 2.45) is 7.05 Å². The largest absolute Gasteiger partial charge is 0.315 e. The molecular weight excluding hydrogens is 252 g/mol. The van der Waals surface area contributed by atoms with Crippen molar-refractivity contribution >= 4 is 22.9 Å². The van der Waals surface area contributed by atoms with E-state index in [2.05, 4.69) is 30.5 Å². The molecule has 0 radical (unpaired) electrons. The Morgan fingerprint density at radius 3 is 2.89 bits per heavy atom. The van der Waals surface area contributed by atoms with Gasteiger partial charge in [-0.2, -0.15) is 0 Å². The van der Waals surface area contributed by atoms with E-state index in [1.165, 1.54) is 18.1 Å². The second-order valence-corrected chi connectivity index (χ2v) is 4.52. The molecule has 0 bridgehead atoms. The van der Waals surface area contributed by atoms with E-state index >= 15 is 0 Å². The van der Waals surface area contributed by atoms with Gasteiger partial charge >= 0.3 is 0 Å². The number of imidazole rings is 1. The van der Waals surface area contributed by atoms with Gasteiger partial charge in [-0.05, 0) is 29.1 Å². The number of tetrazole rings is 1. The molecule has 0 fully saturated rings. The number of hydrogen-bond donors (Lipinski definition) is 0. The van der Waals surface area contributed by atoms with Gasteiger partial charge in [-0.25, -0.2) is 19.6 Å². The predicted molar refractivity (Wildman–Crippen MR) is 63.9 cm³/mol. The Bertz CT molecular complexity index is 687. The van der Waals surface area contributed by atoms with Crippen LogP contribution in [-0.4, -0.2) is 39.7 Å². The fourth-order valence-electron chi connectivity index (χ4n) is 1.56. The lowest BCUT2D eigenvalue weighted by Crippen LogP contribution is -1.96. The highest BCUT2D eigenvalue weighted by atomic mass is 32.2. The molecule has 8 nitrogen and oxygen atoms in total. The Morgan fingerprint density at radius 1 is 1.28 bits per heavy atom. The van der Waals surface area contributed by atoms with E-state index < -0.39 is 0 Å². The monoisotopic (exact) mass is 262 g/mol. The second kappa shape index (κ2) is 4.33. The van der Waals surface area contributed by atoms with E-state index in [0.29, 0.717) is 5.16 Å². The summed E-state index contributed by atoms with van der Waals surface area (Å²) in [5.41, 5.74) is 1.59. The number of aryl methyl sites for hydroxylation is 2. The van der Waals surface area contributed by atoms with Crippen LogP contribution in [0, 0.1) is 0 Å². The summed E-state index contributed by atoms with van der Waals surface area (Å²) >= 11 is 1.37. The van der Waals surface area contributed by atoms with Gasteiger partial charge in [0.1, 0.15) is 16.9 Å². The topological polar surface area (TPSA) is 87.2 Å². The average molecular weight is 262 g/mol. The minimum absolute atomic E-state index is 0.668. The number of nitrogens with zero attached hydrogens (tertiary/aromatic N) is 8. The summed E-state index contributed by atoms with van der Waals surface area (Å²) in [6, 6.07) is 0. The van der Waals surface area contributed by atoms with Gasteiger partial charge < -0.3 is 4.57 Å². The molecule has 18 heavy (non-hydrogen) atoms. The molecule has 0 aliphatic carbocycles. The zero-order chi connectivity index (χ0) is 12.5. The molecule has 3 aromatic rings. The van der Waals surface area contributed by atoms with Crippen LogP contribution in [0.1, 0.15) is 6.92 Å². The minimum atomic E-state index is 0.668. The third-order valence-electron chi connectivity index (χ3n) is 2.48. The van der Waals surface area contributed by atoms with Crippen molar-refractivity contribution in [3.8, 4) is 0 Å². The van der Waals surface area contributed by atoms with Gasteiger partial charge in [-0.15, -0.1) is 5.10 Å². The van der Waals surface area contributed by atoms with Crippen molar-refractivity contribution in [3.05, 3.63) is 12.7 Å². The molecular formula is C9H10N8S. The summed E-state index contributed by atoms with van der Waals surface area (Å²) in [6.45, 7) is 2.87. The van der Waals surface area contributed by atoms with Gasteiger partial charge in [0.15, 0.2) is 5.65 Å². The molecule has 3 heterocycles. The number of rotatable bonds is 3. The summed E-state index contributed by atoms with van der Waals surface area (Å²) < 4.78 is 3.56. The Morgan fingerprint density at radius 2 is 2.17 bits per heavy atom. The molecule has 9 heteroatoms. The molecule has 3 aromatic heterocycles. The minimum Gasteiger partial charge on any atom is -0.315 e. The highest BCUT2D eigenvalue weighted by molar-refractivity contribution is 7.99. The first-order chi connectivity index (χ1) is 8.79. The summed E-state index contributed by atoms with van der Waals surface area (Å²) in [4.78, 5) is 12.8. The Labute approximate surface area is 106 Å². The maximum Gasteiger partial charge on any atom is 0.215 e. The Kier molecular flexibility index (Phi) is 2.67. The lowest BCUT2D eigenvalue weighted by atomic mass is 10.5. The van der Waals surface area contributed by atoms with Crippen LogP contribution in [0.15, 0.2) is 22.8 Å². The van der Waals surface area contributed by atoms with Crippen LogP contribution in [-0.2, 0) is 13.6 Å². The van der Waals surface area contributed by atoms with Crippen LogP contribution in [0.4, 0.5) is 0 Å². The SMILES string of the molecule is CCn1cnc2c(Sc3nnnn3C)ncnc21. The third kappa shape index (κ3) is 1.72. The third-order valence-corrected chi connectivity index (χ3v) is 3.50. The summed E-state index contributed by atoms with van der Waals surface area (Å²) in [5.74, 6) is 0. The van der Waals surface area contributed by atoms with E-state index in [-0.39, 0.29) is 0 Å².